The van der Waals surface area contributed by atoms with Crippen LogP contribution in [-0.4, -0.2) is 38.2 Å². The maximum Gasteiger partial charge on any atom is 0.165 e. The lowest BCUT2D eigenvalue weighted by atomic mass is 9.95. The largest absolute Gasteiger partial charge is 0.494 e. The van der Waals surface area contributed by atoms with Gasteiger partial charge in [0.2, 0.25) is 0 Å². The van der Waals surface area contributed by atoms with Gasteiger partial charge in [0, 0.05) is 32.2 Å². The van der Waals surface area contributed by atoms with Gasteiger partial charge in [-0.3, -0.25) is 4.90 Å². The molecule has 0 amide bonds. The highest BCUT2D eigenvalue weighted by molar-refractivity contribution is 5.85. The quantitative estimate of drug-likeness (QED) is 0.821. The fraction of sp³-hybridized carbons (Fsp3) is 0.647. The second-order valence-corrected chi connectivity index (χ2v) is 6.17. The van der Waals surface area contributed by atoms with E-state index >= 15 is 0 Å². The van der Waals surface area contributed by atoms with Gasteiger partial charge < -0.3 is 10.1 Å². The lowest BCUT2D eigenvalue weighted by Gasteiger charge is -2.35. The van der Waals surface area contributed by atoms with Gasteiger partial charge in [-0.25, -0.2) is 4.39 Å². The number of methoxy groups -OCH3 is 1. The molecule has 0 saturated carbocycles. The maximum atomic E-state index is 14.0. The van der Waals surface area contributed by atoms with Crippen LogP contribution in [0.1, 0.15) is 38.3 Å². The second-order valence-electron chi connectivity index (χ2n) is 6.17. The van der Waals surface area contributed by atoms with E-state index in [-0.39, 0.29) is 30.6 Å². The Kier molecular flexibility index (Phi) is 10.8. The summed E-state index contributed by atoms with van der Waals surface area (Å²) in [5.41, 5.74) is 1.07. The molecule has 0 aromatic heterocycles. The Hall–Kier alpha value is -0.550. The zero-order chi connectivity index (χ0) is 15.2. The minimum Gasteiger partial charge on any atom is -0.494 e. The van der Waals surface area contributed by atoms with E-state index in [9.17, 15) is 4.39 Å². The lowest BCUT2D eigenvalue weighted by Crippen LogP contribution is -2.45. The van der Waals surface area contributed by atoms with E-state index in [1.807, 2.05) is 6.07 Å². The third-order valence-corrected chi connectivity index (χ3v) is 4.17. The predicted octanol–water partition coefficient (Wildman–Crippen LogP) is 4.06. The maximum absolute atomic E-state index is 14.0. The molecule has 1 aromatic rings. The van der Waals surface area contributed by atoms with Crippen molar-refractivity contribution in [2.75, 3.05) is 33.3 Å². The molecule has 1 heterocycles. The number of halogens is 3. The molecule has 1 aromatic carbocycles. The molecule has 3 nitrogen and oxygen atoms in total. The molecule has 1 aliphatic heterocycles. The Labute approximate surface area is 151 Å². The number of rotatable bonds is 6. The molecule has 0 bridgehead atoms. The van der Waals surface area contributed by atoms with Crippen LogP contribution in [0.4, 0.5) is 4.39 Å². The Bertz CT molecular complexity index is 454. The summed E-state index contributed by atoms with van der Waals surface area (Å²) in [6.07, 6.45) is 2.23. The number of nitrogens with one attached hydrogen (secondary N) is 1. The first-order valence-electron chi connectivity index (χ1n) is 7.90. The smallest absolute Gasteiger partial charge is 0.165 e. The topological polar surface area (TPSA) is 24.5 Å². The van der Waals surface area contributed by atoms with Crippen LogP contribution in [0.2, 0.25) is 0 Å². The van der Waals surface area contributed by atoms with Crippen LogP contribution in [0.25, 0.3) is 0 Å². The summed E-state index contributed by atoms with van der Waals surface area (Å²) in [5, 5.41) is 3.38. The Morgan fingerprint density at radius 3 is 2.35 bits per heavy atom. The minimum absolute atomic E-state index is 0. The predicted molar refractivity (Wildman–Crippen MR) is 98.7 cm³/mol. The molecule has 134 valence electrons. The summed E-state index contributed by atoms with van der Waals surface area (Å²) in [6, 6.07) is 5.70. The van der Waals surface area contributed by atoms with E-state index in [1.54, 1.807) is 12.1 Å². The molecule has 0 aliphatic carbocycles. The Morgan fingerprint density at radius 2 is 1.83 bits per heavy atom. The third kappa shape index (κ3) is 6.46. The highest BCUT2D eigenvalue weighted by Crippen LogP contribution is 2.30. The van der Waals surface area contributed by atoms with Crippen molar-refractivity contribution in [3.63, 3.8) is 0 Å². The average Bonchev–Trinajstić information content (AvgIpc) is 2.48. The minimum atomic E-state index is -0.264. The van der Waals surface area contributed by atoms with Gasteiger partial charge >= 0.3 is 0 Å². The molecule has 1 atom stereocenters. The van der Waals surface area contributed by atoms with Crippen molar-refractivity contribution in [1.29, 1.82) is 0 Å². The monoisotopic (exact) mass is 366 g/mol. The molecule has 6 heteroatoms. The highest BCUT2D eigenvalue weighted by Gasteiger charge is 2.23. The first kappa shape index (κ1) is 22.4. The fourth-order valence-electron chi connectivity index (χ4n) is 2.93. The van der Waals surface area contributed by atoms with Gasteiger partial charge in [0.25, 0.3) is 0 Å². The molecule has 1 saturated heterocycles. The first-order valence-corrected chi connectivity index (χ1v) is 7.90. The molecular weight excluding hydrogens is 338 g/mol. The van der Waals surface area contributed by atoms with E-state index in [4.69, 9.17) is 4.74 Å². The molecular formula is C17H29Cl2FN2O. The molecule has 1 N–H and O–H groups in total. The van der Waals surface area contributed by atoms with Gasteiger partial charge in [-0.2, -0.15) is 0 Å². The second kappa shape index (κ2) is 11.1. The molecule has 0 unspecified atom stereocenters. The summed E-state index contributed by atoms with van der Waals surface area (Å²) in [4.78, 5) is 2.47. The van der Waals surface area contributed by atoms with Gasteiger partial charge in [-0.05, 0) is 36.5 Å². The first-order chi connectivity index (χ1) is 10.1. The van der Waals surface area contributed by atoms with Crippen LogP contribution in [0.3, 0.4) is 0 Å². The highest BCUT2D eigenvalue weighted by atomic mass is 35.5. The average molecular weight is 367 g/mol. The molecule has 1 fully saturated rings. The van der Waals surface area contributed by atoms with Crippen LogP contribution in [0.15, 0.2) is 18.2 Å². The molecule has 2 rings (SSSR count). The van der Waals surface area contributed by atoms with Crippen LogP contribution in [0, 0.1) is 11.7 Å². The van der Waals surface area contributed by atoms with Crippen molar-refractivity contribution in [1.82, 2.24) is 10.2 Å². The van der Waals surface area contributed by atoms with Gasteiger partial charge in [0.15, 0.2) is 11.6 Å². The third-order valence-electron chi connectivity index (χ3n) is 4.17. The van der Waals surface area contributed by atoms with Crippen LogP contribution in [0.5, 0.6) is 5.75 Å². The normalized spacial score (nSPS) is 16.4. The number of benzene rings is 1. The number of hydrogen-bond donors (Lipinski definition) is 1. The van der Waals surface area contributed by atoms with Crippen LogP contribution in [-0.2, 0) is 0 Å². The summed E-state index contributed by atoms with van der Waals surface area (Å²) < 4.78 is 19.0. The Morgan fingerprint density at radius 1 is 1.17 bits per heavy atom. The number of ether oxygens (including phenoxy) is 1. The van der Waals surface area contributed by atoms with Crippen LogP contribution < -0.4 is 10.1 Å². The molecule has 0 spiro atoms. The summed E-state index contributed by atoms with van der Waals surface area (Å²) in [6.45, 7) is 8.55. The molecule has 1 aliphatic rings. The van der Waals surface area contributed by atoms with Gasteiger partial charge in [-0.1, -0.05) is 19.9 Å². The van der Waals surface area contributed by atoms with Crippen molar-refractivity contribution < 1.29 is 9.13 Å². The Balaban J connectivity index is 0.00000242. The number of piperazine rings is 1. The summed E-state index contributed by atoms with van der Waals surface area (Å²) >= 11 is 0. The van der Waals surface area contributed by atoms with E-state index in [0.717, 1.165) is 44.6 Å². The molecule has 0 radical (unpaired) electrons. The summed E-state index contributed by atoms with van der Waals surface area (Å²) in [7, 11) is 1.50. The zero-order valence-corrected chi connectivity index (χ0v) is 15.8. The molecule has 23 heavy (non-hydrogen) atoms. The van der Waals surface area contributed by atoms with Crippen molar-refractivity contribution in [3.05, 3.63) is 29.6 Å². The number of hydrogen-bond acceptors (Lipinski definition) is 3. The number of nitrogens with zero attached hydrogens (tertiary/aromatic N) is 1. The van der Waals surface area contributed by atoms with Crippen molar-refractivity contribution >= 4 is 24.8 Å². The SMILES string of the molecule is COc1ccc([C@@H](CCC(C)C)N2CCNCC2)cc1F.Cl.Cl. The van der Waals surface area contributed by atoms with E-state index in [2.05, 4.69) is 24.1 Å². The summed E-state index contributed by atoms with van der Waals surface area (Å²) in [5.74, 6) is 0.722. The van der Waals surface area contributed by atoms with Crippen molar-refractivity contribution in [3.8, 4) is 5.75 Å². The van der Waals surface area contributed by atoms with E-state index in [1.165, 1.54) is 7.11 Å². The van der Waals surface area contributed by atoms with E-state index < -0.39 is 0 Å². The van der Waals surface area contributed by atoms with Gasteiger partial charge in [0.05, 0.1) is 7.11 Å². The van der Waals surface area contributed by atoms with Gasteiger partial charge in [0.1, 0.15) is 0 Å². The fourth-order valence-corrected chi connectivity index (χ4v) is 2.93. The van der Waals surface area contributed by atoms with Crippen LogP contribution >= 0.6 is 24.8 Å². The zero-order valence-electron chi connectivity index (χ0n) is 14.2. The van der Waals surface area contributed by atoms with Crippen molar-refractivity contribution in [2.24, 2.45) is 5.92 Å². The standard InChI is InChI=1S/C17H27FN2O.2ClH/c1-13(2)4-6-16(20-10-8-19-9-11-20)14-5-7-17(21-3)15(18)12-14;;/h5,7,12-13,16,19H,4,6,8-11H2,1-3H3;2*1H/t16-;;/m1../s1. The van der Waals surface area contributed by atoms with Gasteiger partial charge in [-0.15, -0.1) is 24.8 Å². The van der Waals surface area contributed by atoms with Crippen molar-refractivity contribution in [2.45, 2.75) is 32.7 Å². The van der Waals surface area contributed by atoms with E-state index in [0.29, 0.717) is 17.7 Å². The lowest BCUT2D eigenvalue weighted by molar-refractivity contribution is 0.159.